The van der Waals surface area contributed by atoms with Gasteiger partial charge in [-0.25, -0.2) is 8.42 Å². The summed E-state index contributed by atoms with van der Waals surface area (Å²) in [6.45, 7) is 3.19. The third kappa shape index (κ3) is 7.44. The average molecular weight is 647 g/mol. The van der Waals surface area contributed by atoms with Gasteiger partial charge in [-0.3, -0.25) is 13.9 Å². The third-order valence-electron chi connectivity index (χ3n) is 7.14. The fourth-order valence-corrected chi connectivity index (χ4v) is 6.54. The van der Waals surface area contributed by atoms with Gasteiger partial charge >= 0.3 is 0 Å². The highest BCUT2D eigenvalue weighted by atomic mass is 79.9. The molecule has 1 aliphatic rings. The van der Waals surface area contributed by atoms with Crippen LogP contribution in [0, 0.1) is 6.92 Å². The van der Waals surface area contributed by atoms with Crippen LogP contribution in [0.4, 0.5) is 5.69 Å². The lowest BCUT2D eigenvalue weighted by atomic mass is 10.1. The molecule has 0 saturated heterocycles. The lowest BCUT2D eigenvalue weighted by Crippen LogP contribution is -2.52. The summed E-state index contributed by atoms with van der Waals surface area (Å²) in [7, 11) is -4.10. The molecule has 212 valence electrons. The number of hydrogen-bond acceptors (Lipinski definition) is 4. The number of benzene rings is 3. The van der Waals surface area contributed by atoms with Gasteiger partial charge in [-0.15, -0.1) is 0 Å². The van der Waals surface area contributed by atoms with Crippen LogP contribution in [-0.2, 0) is 26.2 Å². The maximum absolute atomic E-state index is 14.0. The van der Waals surface area contributed by atoms with Crippen LogP contribution in [0.25, 0.3) is 0 Å². The highest BCUT2D eigenvalue weighted by Crippen LogP contribution is 2.27. The number of aryl methyl sites for hydroxylation is 1. The minimum atomic E-state index is -4.10. The van der Waals surface area contributed by atoms with Gasteiger partial charge in [0.25, 0.3) is 10.0 Å². The molecule has 0 unspecified atom stereocenters. The molecule has 0 aliphatic heterocycles. The number of carbonyl (C=O) groups is 2. The van der Waals surface area contributed by atoms with E-state index in [4.69, 9.17) is 11.6 Å². The Labute approximate surface area is 249 Å². The molecule has 1 saturated carbocycles. The van der Waals surface area contributed by atoms with Crippen LogP contribution in [0.3, 0.4) is 0 Å². The SMILES string of the molecule is Cc1ccc(S(=O)(=O)N(CC(=O)N(Cc2ccc(Cl)cc2)[C@H](C)C(=O)NC2CCCC2)c2ccc(Br)cc2)cc1. The van der Waals surface area contributed by atoms with Crippen molar-refractivity contribution in [1.29, 1.82) is 0 Å². The lowest BCUT2D eigenvalue weighted by molar-refractivity contribution is -0.139. The summed E-state index contributed by atoms with van der Waals surface area (Å²) in [5, 5.41) is 3.63. The molecule has 1 fully saturated rings. The van der Waals surface area contributed by atoms with E-state index in [9.17, 15) is 18.0 Å². The highest BCUT2D eigenvalue weighted by molar-refractivity contribution is 9.10. The molecule has 7 nitrogen and oxygen atoms in total. The predicted molar refractivity (Wildman–Crippen MR) is 162 cm³/mol. The summed E-state index contributed by atoms with van der Waals surface area (Å²) in [6, 6.07) is 19.5. The molecule has 0 aromatic heterocycles. The molecule has 40 heavy (non-hydrogen) atoms. The molecule has 3 aromatic carbocycles. The summed E-state index contributed by atoms with van der Waals surface area (Å²) in [4.78, 5) is 28.8. The van der Waals surface area contributed by atoms with Crippen LogP contribution in [-0.4, -0.2) is 43.8 Å². The molecule has 1 atom stereocenters. The number of rotatable bonds is 10. The van der Waals surface area contributed by atoms with Crippen molar-refractivity contribution in [2.24, 2.45) is 0 Å². The zero-order valence-electron chi connectivity index (χ0n) is 22.5. The zero-order valence-corrected chi connectivity index (χ0v) is 25.7. The average Bonchev–Trinajstić information content (AvgIpc) is 3.44. The number of nitrogens with one attached hydrogen (secondary N) is 1. The van der Waals surface area contributed by atoms with E-state index < -0.39 is 28.5 Å². The van der Waals surface area contributed by atoms with Crippen molar-refractivity contribution in [3.05, 3.63) is 93.4 Å². The first kappa shape index (κ1) is 30.1. The van der Waals surface area contributed by atoms with Crippen LogP contribution >= 0.6 is 27.5 Å². The second kappa shape index (κ2) is 13.2. The van der Waals surface area contributed by atoms with E-state index in [0.717, 1.165) is 45.6 Å². The number of carbonyl (C=O) groups excluding carboxylic acids is 2. The summed E-state index contributed by atoms with van der Waals surface area (Å²) in [5.41, 5.74) is 2.03. The summed E-state index contributed by atoms with van der Waals surface area (Å²) < 4.78 is 29.6. The molecule has 1 N–H and O–H groups in total. The Bertz CT molecular complexity index is 1430. The molecule has 0 radical (unpaired) electrons. The molecule has 1 aliphatic carbocycles. The van der Waals surface area contributed by atoms with Gasteiger partial charge in [-0.05, 0) is 80.8 Å². The van der Waals surface area contributed by atoms with Gasteiger partial charge in [0, 0.05) is 22.1 Å². The van der Waals surface area contributed by atoms with Crippen molar-refractivity contribution in [3.63, 3.8) is 0 Å². The highest BCUT2D eigenvalue weighted by Gasteiger charge is 2.33. The van der Waals surface area contributed by atoms with Crippen LogP contribution in [0.5, 0.6) is 0 Å². The van der Waals surface area contributed by atoms with Crippen molar-refractivity contribution in [2.45, 2.75) is 63.1 Å². The minimum absolute atomic E-state index is 0.0742. The Balaban J connectivity index is 1.67. The van der Waals surface area contributed by atoms with E-state index >= 15 is 0 Å². The van der Waals surface area contributed by atoms with Crippen LogP contribution in [0.2, 0.25) is 5.02 Å². The first-order valence-electron chi connectivity index (χ1n) is 13.2. The number of amides is 2. The number of nitrogens with zero attached hydrogens (tertiary/aromatic N) is 2. The Morgan fingerprint density at radius 2 is 1.57 bits per heavy atom. The van der Waals surface area contributed by atoms with Crippen molar-refractivity contribution in [2.75, 3.05) is 10.8 Å². The third-order valence-corrected chi connectivity index (χ3v) is 9.71. The molecule has 3 aromatic rings. The largest absolute Gasteiger partial charge is 0.352 e. The molecule has 10 heteroatoms. The fraction of sp³-hybridized carbons (Fsp3) is 0.333. The number of sulfonamides is 1. The normalized spacial score (nSPS) is 14.5. The van der Waals surface area contributed by atoms with E-state index in [2.05, 4.69) is 21.2 Å². The second-order valence-corrected chi connectivity index (χ2v) is 13.3. The second-order valence-electron chi connectivity index (χ2n) is 10.1. The minimum Gasteiger partial charge on any atom is -0.352 e. The van der Waals surface area contributed by atoms with Crippen LogP contribution < -0.4 is 9.62 Å². The zero-order chi connectivity index (χ0) is 28.9. The van der Waals surface area contributed by atoms with Gasteiger partial charge in [0.1, 0.15) is 12.6 Å². The van der Waals surface area contributed by atoms with Gasteiger partial charge in [-0.1, -0.05) is 70.2 Å². The first-order chi connectivity index (χ1) is 19.0. The van der Waals surface area contributed by atoms with E-state index in [1.807, 2.05) is 6.92 Å². The molecule has 4 rings (SSSR count). The maximum Gasteiger partial charge on any atom is 0.264 e. The van der Waals surface area contributed by atoms with Crippen molar-refractivity contribution in [3.8, 4) is 0 Å². The standard InChI is InChI=1S/C30H33BrClN3O4S/c1-21-7-17-28(18-8-21)40(38,39)35(27-15-11-24(31)12-16-27)20-29(36)34(19-23-9-13-25(32)14-10-23)22(2)30(37)33-26-5-3-4-6-26/h7-18,22,26H,3-6,19-20H2,1-2H3,(H,33,37)/t22-/m1/s1. The first-order valence-corrected chi connectivity index (χ1v) is 15.8. The monoisotopic (exact) mass is 645 g/mol. The topological polar surface area (TPSA) is 86.8 Å². The van der Waals surface area contributed by atoms with Gasteiger partial charge in [-0.2, -0.15) is 0 Å². The van der Waals surface area contributed by atoms with E-state index in [1.54, 1.807) is 67.6 Å². The van der Waals surface area contributed by atoms with E-state index in [0.29, 0.717) is 10.7 Å². The van der Waals surface area contributed by atoms with E-state index in [-0.39, 0.29) is 23.4 Å². The van der Waals surface area contributed by atoms with Crippen molar-refractivity contribution in [1.82, 2.24) is 10.2 Å². The maximum atomic E-state index is 14.0. The van der Waals surface area contributed by atoms with Gasteiger partial charge in [0.05, 0.1) is 10.6 Å². The predicted octanol–water partition coefficient (Wildman–Crippen LogP) is 6.08. The van der Waals surface area contributed by atoms with Crippen LogP contribution in [0.1, 0.15) is 43.7 Å². The molecule has 0 heterocycles. The molecular weight excluding hydrogens is 614 g/mol. The van der Waals surface area contributed by atoms with Crippen molar-refractivity contribution >= 4 is 55.1 Å². The Morgan fingerprint density at radius 3 is 2.17 bits per heavy atom. The summed E-state index contributed by atoms with van der Waals surface area (Å²) in [5.74, 6) is -0.756. The fourth-order valence-electron chi connectivity index (χ4n) is 4.73. The quantitative estimate of drug-likeness (QED) is 0.289. The van der Waals surface area contributed by atoms with Crippen LogP contribution in [0.15, 0.2) is 82.2 Å². The molecule has 0 bridgehead atoms. The Hall–Kier alpha value is -2.88. The number of halogens is 2. The van der Waals surface area contributed by atoms with Gasteiger partial charge in [0.15, 0.2) is 0 Å². The smallest absolute Gasteiger partial charge is 0.264 e. The van der Waals surface area contributed by atoms with Crippen molar-refractivity contribution < 1.29 is 18.0 Å². The Morgan fingerprint density at radius 1 is 0.975 bits per heavy atom. The molecular formula is C30H33BrClN3O4S. The summed E-state index contributed by atoms with van der Waals surface area (Å²) >= 11 is 9.45. The molecule has 2 amide bonds. The number of hydrogen-bond donors (Lipinski definition) is 1. The summed E-state index contributed by atoms with van der Waals surface area (Å²) in [6.07, 6.45) is 3.95. The lowest BCUT2D eigenvalue weighted by Gasteiger charge is -2.32. The Kier molecular flexibility index (Phi) is 9.92. The number of anilines is 1. The van der Waals surface area contributed by atoms with Gasteiger partial charge in [0.2, 0.25) is 11.8 Å². The molecule has 0 spiro atoms. The van der Waals surface area contributed by atoms with E-state index in [1.165, 1.54) is 17.0 Å². The van der Waals surface area contributed by atoms with Gasteiger partial charge < -0.3 is 10.2 Å².